The summed E-state index contributed by atoms with van der Waals surface area (Å²) in [5.41, 5.74) is -0.463. The van der Waals surface area contributed by atoms with Crippen LogP contribution in [0.25, 0.3) is 0 Å². The van der Waals surface area contributed by atoms with Crippen LogP contribution >= 0.6 is 0 Å². The van der Waals surface area contributed by atoms with Crippen molar-refractivity contribution in [3.63, 3.8) is 0 Å². The maximum atomic E-state index is 13.4. The largest absolute Gasteiger partial charge is 0.465 e. The summed E-state index contributed by atoms with van der Waals surface area (Å²) in [5, 5.41) is 0. The van der Waals surface area contributed by atoms with Crippen LogP contribution in [-0.2, 0) is 33.3 Å². The third-order valence-electron chi connectivity index (χ3n) is 7.93. The highest BCUT2D eigenvalue weighted by atomic mass is 16.6. The van der Waals surface area contributed by atoms with Crippen molar-refractivity contribution in [3.05, 3.63) is 0 Å². The van der Waals surface area contributed by atoms with Crippen molar-refractivity contribution in [1.82, 2.24) is 4.90 Å². The number of nitrogens with zero attached hydrogens (tertiary/aromatic N) is 1. The Morgan fingerprint density at radius 2 is 1.78 bits per heavy atom. The van der Waals surface area contributed by atoms with Crippen LogP contribution in [0.5, 0.6) is 0 Å². The summed E-state index contributed by atoms with van der Waals surface area (Å²) >= 11 is 0. The van der Waals surface area contributed by atoms with Crippen LogP contribution in [0.1, 0.15) is 66.7 Å². The van der Waals surface area contributed by atoms with E-state index in [9.17, 15) is 14.4 Å². The van der Waals surface area contributed by atoms with E-state index in [0.717, 1.165) is 32.1 Å². The number of esters is 3. The first kappa shape index (κ1) is 23.5. The molecule has 4 fully saturated rings. The number of carbonyl (C=O) groups excluding carboxylic acids is 3. The summed E-state index contributed by atoms with van der Waals surface area (Å²) in [7, 11) is 0. The summed E-state index contributed by atoms with van der Waals surface area (Å²) in [6.07, 6.45) is 2.55. The van der Waals surface area contributed by atoms with Gasteiger partial charge in [0.15, 0.2) is 0 Å². The highest BCUT2D eigenvalue weighted by molar-refractivity contribution is 5.82. The monoisotopic (exact) mass is 451 g/mol. The van der Waals surface area contributed by atoms with Crippen molar-refractivity contribution in [2.75, 3.05) is 13.2 Å². The Morgan fingerprint density at radius 1 is 1.12 bits per heavy atom. The van der Waals surface area contributed by atoms with Gasteiger partial charge in [-0.3, -0.25) is 19.3 Å². The smallest absolute Gasteiger partial charge is 0.320 e. The lowest BCUT2D eigenvalue weighted by atomic mass is 9.73. The molecular formula is C24H37NO7. The van der Waals surface area contributed by atoms with E-state index in [4.69, 9.17) is 18.9 Å². The van der Waals surface area contributed by atoms with Gasteiger partial charge in [0.1, 0.15) is 23.7 Å². The number of cyclic esters (lactones) is 1. The summed E-state index contributed by atoms with van der Waals surface area (Å²) < 4.78 is 23.3. The van der Waals surface area contributed by atoms with Crippen LogP contribution in [0.3, 0.4) is 0 Å². The van der Waals surface area contributed by atoms with E-state index in [-0.39, 0.29) is 43.1 Å². The van der Waals surface area contributed by atoms with Gasteiger partial charge in [-0.15, -0.1) is 0 Å². The van der Waals surface area contributed by atoms with E-state index >= 15 is 0 Å². The summed E-state index contributed by atoms with van der Waals surface area (Å²) in [5.74, 6) is -2.61. The molecule has 1 aliphatic carbocycles. The molecule has 3 aliphatic heterocycles. The first-order valence-electron chi connectivity index (χ1n) is 12.2. The van der Waals surface area contributed by atoms with Crippen LogP contribution < -0.4 is 0 Å². The Kier molecular flexibility index (Phi) is 6.56. The molecule has 3 heterocycles. The predicted octanol–water partition coefficient (Wildman–Crippen LogP) is 2.47. The Bertz CT molecular complexity index is 737. The maximum absolute atomic E-state index is 13.4. The average molecular weight is 452 g/mol. The SMILES string of the molecule is CCC1(OC(=O)C2C(OC(=O)CN(C(C)C)C(C)C)C3OC2C2C(=O)OCC32)CCCC1. The van der Waals surface area contributed by atoms with Crippen molar-refractivity contribution >= 4 is 17.9 Å². The number of ether oxygens (including phenoxy) is 4. The molecule has 0 aromatic rings. The minimum atomic E-state index is -0.800. The van der Waals surface area contributed by atoms with Crippen LogP contribution in [0.2, 0.25) is 0 Å². The molecule has 0 aromatic carbocycles. The van der Waals surface area contributed by atoms with Gasteiger partial charge in [0.25, 0.3) is 0 Å². The molecule has 4 rings (SSSR count). The number of hydrogen-bond donors (Lipinski definition) is 0. The standard InChI is InChI=1S/C24H37NO7/c1-6-24(9-7-8-10-24)32-23(28)18-20-17-15(12-29-22(17)27)19(31-20)21(18)30-16(26)11-25(13(2)3)14(4)5/h13-15,17-21H,6-12H2,1-5H3. The topological polar surface area (TPSA) is 91.4 Å². The van der Waals surface area contributed by atoms with Gasteiger partial charge in [-0.05, 0) is 59.8 Å². The molecule has 0 N–H and O–H groups in total. The zero-order valence-corrected chi connectivity index (χ0v) is 19.9. The lowest BCUT2D eigenvalue weighted by Gasteiger charge is -2.35. The zero-order chi connectivity index (χ0) is 23.2. The van der Waals surface area contributed by atoms with E-state index in [0.29, 0.717) is 0 Å². The molecular weight excluding hydrogens is 414 g/mol. The predicted molar refractivity (Wildman–Crippen MR) is 115 cm³/mol. The second-order valence-electron chi connectivity index (χ2n) is 10.4. The molecule has 4 aliphatic rings. The van der Waals surface area contributed by atoms with Gasteiger partial charge in [0.05, 0.1) is 25.2 Å². The fourth-order valence-electron chi connectivity index (χ4n) is 6.15. The molecule has 0 spiro atoms. The molecule has 8 nitrogen and oxygen atoms in total. The molecule has 1 saturated carbocycles. The minimum absolute atomic E-state index is 0.132. The van der Waals surface area contributed by atoms with Crippen LogP contribution in [0.15, 0.2) is 0 Å². The normalized spacial score (nSPS) is 34.9. The minimum Gasteiger partial charge on any atom is -0.465 e. The molecule has 0 aromatic heterocycles. The van der Waals surface area contributed by atoms with Gasteiger partial charge < -0.3 is 18.9 Å². The molecule has 6 atom stereocenters. The maximum Gasteiger partial charge on any atom is 0.320 e. The van der Waals surface area contributed by atoms with E-state index in [1.54, 1.807) is 0 Å². The van der Waals surface area contributed by atoms with Gasteiger partial charge in [-0.2, -0.15) is 0 Å². The average Bonchev–Trinajstić information content (AvgIpc) is 3.49. The Labute approximate surface area is 190 Å². The van der Waals surface area contributed by atoms with Gasteiger partial charge in [-0.1, -0.05) is 6.92 Å². The molecule has 0 radical (unpaired) electrons. The van der Waals surface area contributed by atoms with Crippen LogP contribution in [0, 0.1) is 17.8 Å². The van der Waals surface area contributed by atoms with Gasteiger partial charge in [0, 0.05) is 18.0 Å². The van der Waals surface area contributed by atoms with Gasteiger partial charge >= 0.3 is 17.9 Å². The highest BCUT2D eigenvalue weighted by Crippen LogP contribution is 2.52. The number of fused-ring (bicyclic) bond motifs is 5. The van der Waals surface area contributed by atoms with Crippen molar-refractivity contribution in [3.8, 4) is 0 Å². The van der Waals surface area contributed by atoms with Crippen molar-refractivity contribution in [2.24, 2.45) is 17.8 Å². The zero-order valence-electron chi connectivity index (χ0n) is 19.9. The van der Waals surface area contributed by atoms with Gasteiger partial charge in [0.2, 0.25) is 0 Å². The Morgan fingerprint density at radius 3 is 2.38 bits per heavy atom. The molecule has 6 unspecified atom stereocenters. The van der Waals surface area contributed by atoms with E-state index in [2.05, 4.69) is 0 Å². The van der Waals surface area contributed by atoms with Crippen LogP contribution in [-0.4, -0.2) is 72.0 Å². The number of carbonyl (C=O) groups is 3. The second kappa shape index (κ2) is 8.93. The third-order valence-corrected chi connectivity index (χ3v) is 7.93. The molecule has 8 heteroatoms. The van der Waals surface area contributed by atoms with Crippen molar-refractivity contribution in [2.45, 2.75) is 103 Å². The first-order valence-corrected chi connectivity index (χ1v) is 12.2. The quantitative estimate of drug-likeness (QED) is 0.411. The van der Waals surface area contributed by atoms with E-state index in [1.165, 1.54) is 0 Å². The lowest BCUT2D eigenvalue weighted by molar-refractivity contribution is -0.176. The van der Waals surface area contributed by atoms with Crippen LogP contribution in [0.4, 0.5) is 0 Å². The third kappa shape index (κ3) is 4.04. The lowest BCUT2D eigenvalue weighted by Crippen LogP contribution is -2.52. The fraction of sp³-hybridized carbons (Fsp3) is 0.875. The van der Waals surface area contributed by atoms with E-state index < -0.39 is 41.7 Å². The summed E-state index contributed by atoms with van der Waals surface area (Å²) in [6.45, 7) is 10.5. The second-order valence-corrected chi connectivity index (χ2v) is 10.4. The molecule has 32 heavy (non-hydrogen) atoms. The number of rotatable bonds is 8. The molecule has 0 amide bonds. The first-order chi connectivity index (χ1) is 15.2. The Hall–Kier alpha value is -1.67. The molecule has 180 valence electrons. The van der Waals surface area contributed by atoms with E-state index in [1.807, 2.05) is 39.5 Å². The Balaban J connectivity index is 1.53. The fourth-order valence-corrected chi connectivity index (χ4v) is 6.15. The van der Waals surface area contributed by atoms with Crippen molar-refractivity contribution in [1.29, 1.82) is 0 Å². The summed E-state index contributed by atoms with van der Waals surface area (Å²) in [4.78, 5) is 40.7. The number of hydrogen-bond acceptors (Lipinski definition) is 8. The molecule has 2 bridgehead atoms. The highest BCUT2D eigenvalue weighted by Gasteiger charge is 2.69. The van der Waals surface area contributed by atoms with Gasteiger partial charge in [-0.25, -0.2) is 0 Å². The molecule has 3 saturated heterocycles. The van der Waals surface area contributed by atoms with Crippen molar-refractivity contribution < 1.29 is 33.3 Å². The summed E-state index contributed by atoms with van der Waals surface area (Å²) in [6, 6.07) is 0.355.